The Labute approximate surface area is 61.3 Å². The van der Waals surface area contributed by atoms with Crippen molar-refractivity contribution >= 4 is 7.12 Å². The summed E-state index contributed by atoms with van der Waals surface area (Å²) in [4.78, 5) is 0. The van der Waals surface area contributed by atoms with Crippen molar-refractivity contribution < 1.29 is 9.31 Å². The van der Waals surface area contributed by atoms with Gasteiger partial charge in [-0.05, 0) is 6.42 Å². The molecule has 0 bridgehead atoms. The van der Waals surface area contributed by atoms with Crippen LogP contribution in [0.3, 0.4) is 0 Å². The van der Waals surface area contributed by atoms with E-state index in [-0.39, 0.29) is 13.1 Å². The molecule has 10 heavy (non-hydrogen) atoms. The predicted octanol–water partition coefficient (Wildman–Crippen LogP) is 0.659. The minimum atomic E-state index is -0.250. The lowest BCUT2D eigenvalue weighted by atomic mass is 9.77. The molecule has 0 spiro atoms. The molecule has 1 rings (SSSR count). The fraction of sp³-hybridized carbons (Fsp3) is 0.667. The average Bonchev–Trinajstić information content (AvgIpc) is 2.38. The van der Waals surface area contributed by atoms with Crippen molar-refractivity contribution in [1.29, 1.82) is 0 Å². The zero-order chi connectivity index (χ0) is 7.40. The molecule has 3 nitrogen and oxygen atoms in total. The lowest BCUT2D eigenvalue weighted by Crippen LogP contribution is -2.39. The molecular weight excluding hydrogens is 129 g/mol. The van der Waals surface area contributed by atoms with Gasteiger partial charge in [0.25, 0.3) is 0 Å². The van der Waals surface area contributed by atoms with E-state index in [1.54, 1.807) is 0 Å². The Morgan fingerprint density at radius 1 is 1.50 bits per heavy atom. The first kappa shape index (κ1) is 7.47. The van der Waals surface area contributed by atoms with Gasteiger partial charge < -0.3 is 15.0 Å². The van der Waals surface area contributed by atoms with Gasteiger partial charge in [-0.3, -0.25) is 0 Å². The minimum absolute atomic E-state index is 0.000000000000000222. The fourth-order valence-corrected chi connectivity index (χ4v) is 0.922. The summed E-state index contributed by atoms with van der Waals surface area (Å²) in [5.74, 6) is -0.000000000000000222. The predicted molar refractivity (Wildman–Crippen MR) is 39.9 cm³/mol. The van der Waals surface area contributed by atoms with Crippen molar-refractivity contribution in [3.63, 3.8) is 0 Å². The van der Waals surface area contributed by atoms with Crippen molar-refractivity contribution in [3.05, 3.63) is 12.5 Å². The first-order chi connectivity index (χ1) is 4.84. The molecule has 0 aromatic heterocycles. The molecule has 1 unspecified atom stereocenters. The van der Waals surface area contributed by atoms with Crippen LogP contribution in [0.25, 0.3) is 0 Å². The van der Waals surface area contributed by atoms with Gasteiger partial charge in [0.05, 0.1) is 18.5 Å². The van der Waals surface area contributed by atoms with Crippen LogP contribution in [0.15, 0.2) is 12.5 Å². The first-order valence-corrected chi connectivity index (χ1v) is 3.56. The maximum absolute atomic E-state index is 5.70. The molecule has 0 radical (unpaired) electrons. The lowest BCUT2D eigenvalue weighted by molar-refractivity contribution is 0.382. The largest absolute Gasteiger partial charge is 0.612 e. The second kappa shape index (κ2) is 3.51. The minimum Gasteiger partial charge on any atom is -0.528 e. The molecule has 1 aliphatic heterocycles. The topological polar surface area (TPSA) is 44.5 Å². The molecule has 4 heteroatoms. The quantitative estimate of drug-likeness (QED) is 0.587. The van der Waals surface area contributed by atoms with Gasteiger partial charge in [-0.15, -0.1) is 0 Å². The van der Waals surface area contributed by atoms with Crippen LogP contribution in [0.4, 0.5) is 0 Å². The molecule has 2 N–H and O–H groups in total. The summed E-state index contributed by atoms with van der Waals surface area (Å²) in [6.07, 6.45) is 5.05. The third-order valence-electron chi connectivity index (χ3n) is 1.45. The molecule has 0 aliphatic carbocycles. The highest BCUT2D eigenvalue weighted by Gasteiger charge is 2.31. The summed E-state index contributed by atoms with van der Waals surface area (Å²) in [7, 11) is -0.250. The normalized spacial score (nSPS) is 18.4. The zero-order valence-corrected chi connectivity index (χ0v) is 6.12. The van der Waals surface area contributed by atoms with Gasteiger partial charge in [-0.1, -0.05) is 13.3 Å². The van der Waals surface area contributed by atoms with Gasteiger partial charge in [0.1, 0.15) is 0 Å². The third kappa shape index (κ3) is 1.67. The summed E-state index contributed by atoms with van der Waals surface area (Å²) in [5, 5.41) is 0. The number of nitrogens with two attached hydrogens (primary N) is 1. The standard InChI is InChI=1S/C6H12BNO2/c1-2-3-6(8)7-9-4-5-10-7/h4-6H,2-3,8H2,1H3. The maximum atomic E-state index is 5.70. The van der Waals surface area contributed by atoms with Crippen LogP contribution in [0, 0.1) is 0 Å². The highest BCUT2D eigenvalue weighted by atomic mass is 16.6. The van der Waals surface area contributed by atoms with E-state index in [9.17, 15) is 0 Å². The Hall–Kier alpha value is -0.635. The van der Waals surface area contributed by atoms with Crippen LogP contribution in [-0.4, -0.2) is 13.1 Å². The molecule has 0 saturated heterocycles. The van der Waals surface area contributed by atoms with E-state index in [1.807, 2.05) is 0 Å². The average molecular weight is 141 g/mol. The highest BCUT2D eigenvalue weighted by molar-refractivity contribution is 6.47. The van der Waals surface area contributed by atoms with Crippen molar-refractivity contribution in [2.75, 3.05) is 0 Å². The van der Waals surface area contributed by atoms with Crippen LogP contribution in [0.1, 0.15) is 19.8 Å². The smallest absolute Gasteiger partial charge is 0.528 e. The van der Waals surface area contributed by atoms with E-state index >= 15 is 0 Å². The molecule has 0 amide bonds. The van der Waals surface area contributed by atoms with Crippen molar-refractivity contribution in [1.82, 2.24) is 0 Å². The van der Waals surface area contributed by atoms with Gasteiger partial charge in [0.2, 0.25) is 0 Å². The Balaban J connectivity index is 2.21. The SMILES string of the molecule is CCCC(N)B1OC=CO1. The highest BCUT2D eigenvalue weighted by Crippen LogP contribution is 2.07. The van der Waals surface area contributed by atoms with Crippen LogP contribution in [0.2, 0.25) is 0 Å². The molecular formula is C6H12BNO2. The second-order valence-corrected chi connectivity index (χ2v) is 2.37. The van der Waals surface area contributed by atoms with Gasteiger partial charge in [0.15, 0.2) is 0 Å². The molecule has 0 fully saturated rings. The van der Waals surface area contributed by atoms with Crippen molar-refractivity contribution in [3.8, 4) is 0 Å². The Morgan fingerprint density at radius 2 is 2.10 bits per heavy atom. The van der Waals surface area contributed by atoms with Crippen molar-refractivity contribution in [2.45, 2.75) is 25.7 Å². The number of hydrogen-bond donors (Lipinski definition) is 1. The number of hydrogen-bond acceptors (Lipinski definition) is 3. The van der Waals surface area contributed by atoms with Crippen LogP contribution in [-0.2, 0) is 9.31 Å². The molecule has 0 saturated carbocycles. The Bertz CT molecular complexity index is 121. The molecule has 1 atom stereocenters. The van der Waals surface area contributed by atoms with Crippen molar-refractivity contribution in [2.24, 2.45) is 5.73 Å². The zero-order valence-electron chi connectivity index (χ0n) is 6.12. The van der Waals surface area contributed by atoms with E-state index < -0.39 is 0 Å². The Morgan fingerprint density at radius 3 is 2.60 bits per heavy atom. The fourth-order valence-electron chi connectivity index (χ4n) is 0.922. The monoisotopic (exact) mass is 141 g/mol. The molecule has 0 aromatic carbocycles. The van der Waals surface area contributed by atoms with E-state index in [0.29, 0.717) is 0 Å². The summed E-state index contributed by atoms with van der Waals surface area (Å²) in [6, 6.07) is 0. The van der Waals surface area contributed by atoms with E-state index in [1.165, 1.54) is 12.5 Å². The molecule has 1 aliphatic rings. The summed E-state index contributed by atoms with van der Waals surface area (Å²) in [6.45, 7) is 2.09. The lowest BCUT2D eigenvalue weighted by Gasteiger charge is -2.11. The van der Waals surface area contributed by atoms with Gasteiger partial charge >= 0.3 is 7.12 Å². The van der Waals surface area contributed by atoms with Crippen LogP contribution < -0.4 is 5.73 Å². The first-order valence-electron chi connectivity index (χ1n) is 3.56. The van der Waals surface area contributed by atoms with Gasteiger partial charge in [-0.2, -0.15) is 0 Å². The summed E-state index contributed by atoms with van der Waals surface area (Å²) in [5.41, 5.74) is 5.70. The number of rotatable bonds is 3. The summed E-state index contributed by atoms with van der Waals surface area (Å²) >= 11 is 0. The summed E-state index contributed by atoms with van der Waals surface area (Å²) < 4.78 is 10.1. The molecule has 56 valence electrons. The second-order valence-electron chi connectivity index (χ2n) is 2.37. The third-order valence-corrected chi connectivity index (χ3v) is 1.45. The van der Waals surface area contributed by atoms with E-state index in [4.69, 9.17) is 15.0 Å². The van der Waals surface area contributed by atoms with E-state index in [2.05, 4.69) is 6.92 Å². The Kier molecular flexibility index (Phi) is 2.62. The van der Waals surface area contributed by atoms with Crippen LogP contribution in [0.5, 0.6) is 0 Å². The van der Waals surface area contributed by atoms with Gasteiger partial charge in [-0.25, -0.2) is 0 Å². The maximum Gasteiger partial charge on any atom is 0.612 e. The molecule has 0 aromatic rings. The van der Waals surface area contributed by atoms with E-state index in [0.717, 1.165) is 12.8 Å². The van der Waals surface area contributed by atoms with Crippen LogP contribution >= 0.6 is 0 Å². The van der Waals surface area contributed by atoms with Gasteiger partial charge in [0, 0.05) is 0 Å². The molecule has 1 heterocycles.